The largest absolute Gasteiger partial charge is 1.00 e. The van der Waals surface area contributed by atoms with E-state index in [1.54, 1.807) is 114 Å². The van der Waals surface area contributed by atoms with Crippen LogP contribution in [-0.2, 0) is 46.9 Å². The van der Waals surface area contributed by atoms with Crippen molar-refractivity contribution >= 4 is 154 Å². The number of thiol groups is 1. The SMILES string of the molecule is C.C#CC(=O)OC(C)C.C=O.CC(C)OC(=O)/C=C/n1cnc(-c2cccc(Cl)c2)n1.CC(C)OC(=O)/C=C\n1cnc(-c2cccc(Cl)c2)n1.CSC(=N)c1cccc(Cl)c1.Clc1cccc(-c2ncn[nH]2)c1.N#Cc1cccc(Cl)c1.NC(=S)c1cccc(Cl)c1.NN.[Na+].[SH-]. The summed E-state index contributed by atoms with van der Waals surface area (Å²) in [7, 11) is 0. The number of rotatable bonds is 12. The van der Waals surface area contributed by atoms with Crippen molar-refractivity contribution in [3.05, 3.63) is 224 Å². The molecular formula is C66H71Cl6N14NaO7S3. The quantitative estimate of drug-likeness (QED) is 0.00605. The Morgan fingerprint density at radius 1 is 0.629 bits per heavy atom. The number of nitrogens with one attached hydrogen (secondary N) is 2. The van der Waals surface area contributed by atoms with E-state index in [9.17, 15) is 14.4 Å². The minimum Gasteiger partial charge on any atom is -0.813 e. The minimum absolute atomic E-state index is 0. The van der Waals surface area contributed by atoms with Crippen LogP contribution in [0.3, 0.4) is 0 Å². The van der Waals surface area contributed by atoms with Gasteiger partial charge < -0.3 is 38.2 Å². The Balaban J connectivity index is -0.00000107. The van der Waals surface area contributed by atoms with Gasteiger partial charge in [-0.1, -0.05) is 156 Å². The minimum atomic E-state index is -0.597. The number of carbonyl (C=O) groups excluding carboxylic acids is 4. The van der Waals surface area contributed by atoms with Crippen molar-refractivity contribution in [3.63, 3.8) is 0 Å². The third-order valence-corrected chi connectivity index (χ3v) is 12.2. The molecular weight excluding hydrogens is 1430 g/mol. The van der Waals surface area contributed by atoms with E-state index in [-0.39, 0.29) is 68.8 Å². The number of hydrazine groups is 1. The molecule has 9 aromatic rings. The zero-order valence-corrected chi connectivity index (χ0v) is 62.1. The summed E-state index contributed by atoms with van der Waals surface area (Å²) in [5.74, 6) is 10.2. The summed E-state index contributed by atoms with van der Waals surface area (Å²) in [5, 5.41) is 35.2. The van der Waals surface area contributed by atoms with Crippen molar-refractivity contribution in [3.8, 4) is 52.6 Å². The van der Waals surface area contributed by atoms with Crippen LogP contribution in [0.5, 0.6) is 0 Å². The van der Waals surface area contributed by atoms with E-state index in [1.807, 2.05) is 97.8 Å². The molecule has 0 saturated heterocycles. The predicted octanol–water partition coefficient (Wildman–Crippen LogP) is 12.0. The van der Waals surface area contributed by atoms with E-state index < -0.39 is 17.9 Å². The van der Waals surface area contributed by atoms with Crippen LogP contribution in [0.1, 0.15) is 65.7 Å². The Morgan fingerprint density at radius 2 is 1.00 bits per heavy atom. The fourth-order valence-corrected chi connectivity index (χ4v) is 7.84. The zero-order chi connectivity index (χ0) is 70.5. The predicted molar refractivity (Wildman–Crippen MR) is 397 cm³/mol. The number of ether oxygens (including phenoxy) is 3. The summed E-state index contributed by atoms with van der Waals surface area (Å²) >= 11 is 40.8. The van der Waals surface area contributed by atoms with Crippen LogP contribution in [0.2, 0.25) is 30.1 Å². The zero-order valence-electron chi connectivity index (χ0n) is 53.1. The van der Waals surface area contributed by atoms with E-state index in [0.717, 1.165) is 33.6 Å². The number of esters is 3. The fraction of sp³-hybridized carbons (Fsp3) is 0.167. The van der Waals surface area contributed by atoms with Gasteiger partial charge in [0, 0.05) is 88.4 Å². The van der Waals surface area contributed by atoms with Gasteiger partial charge in [0.25, 0.3) is 0 Å². The van der Waals surface area contributed by atoms with E-state index in [4.69, 9.17) is 119 Å². The third-order valence-electron chi connectivity index (χ3n) is 9.94. The summed E-state index contributed by atoms with van der Waals surface area (Å²) in [6.07, 6.45) is 16.2. The average Bonchev–Trinajstić information content (AvgIpc) is 1.86. The molecule has 0 aliphatic carbocycles. The van der Waals surface area contributed by atoms with E-state index in [1.165, 1.54) is 64.7 Å². The molecule has 0 spiro atoms. The van der Waals surface area contributed by atoms with Gasteiger partial charge in [0.2, 0.25) is 0 Å². The first kappa shape index (κ1) is 93.5. The summed E-state index contributed by atoms with van der Waals surface area (Å²) in [4.78, 5) is 53.6. The number of nitriles is 1. The molecule has 3 aromatic heterocycles. The molecule has 0 bridgehead atoms. The summed E-state index contributed by atoms with van der Waals surface area (Å²) in [6, 6.07) is 45.3. The fourth-order valence-electron chi connectivity index (χ4n) is 6.21. The molecule has 31 heteroatoms. The van der Waals surface area contributed by atoms with Crippen LogP contribution in [-0.4, -0.2) is 104 Å². The van der Waals surface area contributed by atoms with Crippen molar-refractivity contribution < 1.29 is 62.9 Å². The number of nitrogens with two attached hydrogens (primary N) is 3. The van der Waals surface area contributed by atoms with E-state index in [0.29, 0.717) is 57.4 Å². The molecule has 6 aromatic carbocycles. The number of halogens is 6. The maximum absolute atomic E-state index is 11.4. The molecule has 8 N–H and O–H groups in total. The van der Waals surface area contributed by atoms with Crippen molar-refractivity contribution in [2.24, 2.45) is 17.4 Å². The molecule has 97 heavy (non-hydrogen) atoms. The molecule has 508 valence electrons. The number of terminal acetylenes is 1. The first-order chi connectivity index (χ1) is 44.9. The van der Waals surface area contributed by atoms with Gasteiger partial charge >= 0.3 is 47.5 Å². The van der Waals surface area contributed by atoms with Crippen molar-refractivity contribution in [2.75, 3.05) is 6.26 Å². The van der Waals surface area contributed by atoms with E-state index >= 15 is 0 Å². The molecule has 3 heterocycles. The second-order valence-electron chi connectivity index (χ2n) is 18.2. The summed E-state index contributed by atoms with van der Waals surface area (Å²) in [5.41, 5.74) is 10.2. The van der Waals surface area contributed by atoms with Crippen molar-refractivity contribution in [2.45, 2.75) is 67.3 Å². The number of hydrogen-bond acceptors (Lipinski definition) is 20. The Bertz CT molecular complexity index is 3830. The summed E-state index contributed by atoms with van der Waals surface area (Å²) < 4.78 is 17.4. The number of benzene rings is 6. The van der Waals surface area contributed by atoms with Crippen molar-refractivity contribution in [1.29, 1.82) is 10.7 Å². The van der Waals surface area contributed by atoms with Gasteiger partial charge in [0.15, 0.2) is 17.5 Å². The van der Waals surface area contributed by atoms with Gasteiger partial charge in [-0.2, -0.15) is 10.4 Å². The number of thiocarbonyl (C=S) groups is 1. The number of aromatic amines is 1. The number of carbonyl (C=O) groups is 4. The Morgan fingerprint density at radius 3 is 1.32 bits per heavy atom. The maximum Gasteiger partial charge on any atom is 1.00 e. The molecule has 9 rings (SSSR count). The number of nitrogens with zero attached hydrogens (tertiary/aromatic N) is 9. The van der Waals surface area contributed by atoms with Gasteiger partial charge in [0.05, 0.1) is 35.0 Å². The van der Waals surface area contributed by atoms with E-state index in [2.05, 4.69) is 51.8 Å². The molecule has 0 amide bonds. The number of hydrogen-bond donors (Lipinski definition) is 5. The van der Waals surface area contributed by atoms with Gasteiger partial charge in [-0.3, -0.25) is 22.2 Å². The molecule has 21 nitrogen and oxygen atoms in total. The van der Waals surface area contributed by atoms with Crippen LogP contribution >= 0.6 is 93.6 Å². The van der Waals surface area contributed by atoms with Gasteiger partial charge in [-0.05, 0) is 127 Å². The van der Waals surface area contributed by atoms with Crippen LogP contribution in [0.25, 0.3) is 46.6 Å². The molecule has 0 unspecified atom stereocenters. The molecule has 0 fully saturated rings. The van der Waals surface area contributed by atoms with Gasteiger partial charge in [0.1, 0.15) is 30.8 Å². The first-order valence-corrected chi connectivity index (χ1v) is 30.9. The molecule has 0 radical (unpaired) electrons. The Hall–Kier alpha value is -7.73. The molecule has 0 atom stereocenters. The first-order valence-electron chi connectivity index (χ1n) is 27.0. The van der Waals surface area contributed by atoms with Crippen molar-refractivity contribution in [1.82, 2.24) is 44.7 Å². The topological polar surface area (TPSA) is 325 Å². The van der Waals surface area contributed by atoms with Crippen LogP contribution in [0, 0.1) is 29.1 Å². The molecule has 0 saturated carbocycles. The maximum atomic E-state index is 11.4. The smallest absolute Gasteiger partial charge is 0.813 e. The Kier molecular flexibility index (Phi) is 52.3. The Labute approximate surface area is 634 Å². The molecule has 0 aliphatic heterocycles. The number of H-pyrrole nitrogens is 1. The van der Waals surface area contributed by atoms with Gasteiger partial charge in [-0.25, -0.2) is 38.7 Å². The van der Waals surface area contributed by atoms with Crippen LogP contribution in [0.15, 0.2) is 177 Å². The number of aromatic nitrogens is 9. The number of thioether (sulfide) groups is 1. The van der Waals surface area contributed by atoms with Gasteiger partial charge in [-0.15, -0.1) is 28.4 Å². The standard InChI is InChI=1S/2C14H14ClN3O2.C8H6ClN3.C8H8ClNS.C7H6ClNS.C7H4ClN.C6H8O2.CH2O.CH4.H4N2.Na.H2S/c2*1-10(2)20-13(19)6-7-18-9-16-14(17-18)11-4-3-5-12(15)8-11;9-7-3-1-2-6(4-7)8-10-5-11-12-8;1-11-8(10)6-3-2-4-7(9)5-6;8-6-3-1-2-5(4-6)7(9)10;8-7-3-1-2-6(4-7)5-9;1-4-6(7)8-5(2)3;1-2;;1-2;;/h2*3-10H,1-2H3;1-5H,(H,10,11,12);2-5,10H,1H3;1-4H,(H2,9,10);1-4H;1,5H,2-3H3;1H2;1H4;1-2H2;;1H2/q;;;;;;;;;;+1;/p-1/b7-6+;7-6-;;;;;;;;;;. The van der Waals surface area contributed by atoms with Crippen LogP contribution < -0.4 is 47.0 Å². The van der Waals surface area contributed by atoms with Crippen LogP contribution in [0.4, 0.5) is 0 Å². The monoisotopic (exact) mass is 1500 g/mol. The normalized spacial score (nSPS) is 9.48. The molecule has 0 aliphatic rings. The second-order valence-corrected chi connectivity index (χ2v) is 22.1. The third kappa shape index (κ3) is 41.9. The average molecular weight is 1500 g/mol. The summed E-state index contributed by atoms with van der Waals surface area (Å²) in [6.45, 7) is 12.7. The second kappa shape index (κ2) is 54.3.